The molecule has 1 amide bonds. The SMILES string of the molecule is COc1ccc(N=C2C(=O)Nc3c(Cl)cccc32)c(OC)c1. The van der Waals surface area contributed by atoms with E-state index in [1.165, 1.54) is 7.11 Å². The van der Waals surface area contributed by atoms with Crippen LogP contribution in [0.3, 0.4) is 0 Å². The molecule has 0 aromatic heterocycles. The van der Waals surface area contributed by atoms with Crippen LogP contribution in [0, 0.1) is 0 Å². The fourth-order valence-electron chi connectivity index (χ4n) is 2.25. The quantitative estimate of drug-likeness (QED) is 0.943. The molecule has 0 fully saturated rings. The number of halogens is 1. The molecule has 2 aromatic carbocycles. The zero-order chi connectivity index (χ0) is 15.7. The topological polar surface area (TPSA) is 59.9 Å². The molecule has 1 aliphatic heterocycles. The van der Waals surface area contributed by atoms with Gasteiger partial charge in [0.05, 0.1) is 24.9 Å². The largest absolute Gasteiger partial charge is 0.497 e. The minimum Gasteiger partial charge on any atom is -0.497 e. The molecule has 0 atom stereocenters. The lowest BCUT2D eigenvalue weighted by Crippen LogP contribution is -2.14. The molecule has 1 aliphatic rings. The van der Waals surface area contributed by atoms with Crippen molar-refractivity contribution in [1.29, 1.82) is 0 Å². The molecule has 22 heavy (non-hydrogen) atoms. The van der Waals surface area contributed by atoms with Gasteiger partial charge in [-0.05, 0) is 18.2 Å². The average molecular weight is 317 g/mol. The molecule has 1 heterocycles. The zero-order valence-corrected chi connectivity index (χ0v) is 12.8. The summed E-state index contributed by atoms with van der Waals surface area (Å²) >= 11 is 6.09. The van der Waals surface area contributed by atoms with Crippen molar-refractivity contribution >= 4 is 34.6 Å². The van der Waals surface area contributed by atoms with E-state index in [2.05, 4.69) is 10.3 Å². The Kier molecular flexibility index (Phi) is 3.73. The van der Waals surface area contributed by atoms with Crippen LogP contribution in [0.2, 0.25) is 5.02 Å². The van der Waals surface area contributed by atoms with Crippen molar-refractivity contribution in [3.8, 4) is 11.5 Å². The Morgan fingerprint density at radius 1 is 1.14 bits per heavy atom. The number of rotatable bonds is 3. The van der Waals surface area contributed by atoms with Crippen molar-refractivity contribution in [3.05, 3.63) is 47.0 Å². The number of carbonyl (C=O) groups is 1. The van der Waals surface area contributed by atoms with Gasteiger partial charge in [0.25, 0.3) is 5.91 Å². The van der Waals surface area contributed by atoms with Crippen LogP contribution < -0.4 is 14.8 Å². The number of aliphatic imine (C=N–C) groups is 1. The van der Waals surface area contributed by atoms with Gasteiger partial charge in [0.1, 0.15) is 22.9 Å². The maximum absolute atomic E-state index is 12.1. The van der Waals surface area contributed by atoms with Crippen LogP contribution in [0.1, 0.15) is 5.56 Å². The van der Waals surface area contributed by atoms with E-state index in [-0.39, 0.29) is 5.91 Å². The Morgan fingerprint density at radius 3 is 2.68 bits per heavy atom. The van der Waals surface area contributed by atoms with Crippen molar-refractivity contribution in [3.63, 3.8) is 0 Å². The smallest absolute Gasteiger partial charge is 0.275 e. The standard InChI is InChI=1S/C16H13ClN2O3/c1-21-9-6-7-12(13(8-9)22-2)18-15-10-4-3-5-11(17)14(10)19-16(15)20/h3-8H,1-2H3,(H,18,19,20). The van der Waals surface area contributed by atoms with Gasteiger partial charge in [-0.15, -0.1) is 0 Å². The van der Waals surface area contributed by atoms with Crippen LogP contribution in [-0.4, -0.2) is 25.8 Å². The minimum atomic E-state index is -0.291. The number of hydrogen-bond acceptors (Lipinski definition) is 4. The molecule has 0 aliphatic carbocycles. The summed E-state index contributed by atoms with van der Waals surface area (Å²) in [7, 11) is 3.11. The van der Waals surface area contributed by atoms with Crippen LogP contribution in [0.25, 0.3) is 0 Å². The van der Waals surface area contributed by atoms with Gasteiger partial charge in [0, 0.05) is 11.6 Å². The molecule has 3 rings (SSSR count). The number of anilines is 1. The summed E-state index contributed by atoms with van der Waals surface area (Å²) in [6.45, 7) is 0. The molecule has 0 radical (unpaired) electrons. The van der Waals surface area contributed by atoms with E-state index < -0.39 is 0 Å². The number of para-hydroxylation sites is 1. The summed E-state index contributed by atoms with van der Waals surface area (Å²) in [5, 5.41) is 3.21. The van der Waals surface area contributed by atoms with Crippen LogP contribution in [0.4, 0.5) is 11.4 Å². The van der Waals surface area contributed by atoms with E-state index in [4.69, 9.17) is 21.1 Å². The third-order valence-electron chi connectivity index (χ3n) is 3.34. The summed E-state index contributed by atoms with van der Waals surface area (Å²) in [5.74, 6) is 0.885. The molecular formula is C16H13ClN2O3. The van der Waals surface area contributed by atoms with E-state index in [1.54, 1.807) is 43.5 Å². The number of amides is 1. The minimum absolute atomic E-state index is 0.291. The van der Waals surface area contributed by atoms with Crippen molar-refractivity contribution in [2.24, 2.45) is 4.99 Å². The lowest BCUT2D eigenvalue weighted by molar-refractivity contribution is -0.110. The normalized spacial score (nSPS) is 14.7. The highest BCUT2D eigenvalue weighted by Crippen LogP contribution is 2.35. The van der Waals surface area contributed by atoms with Gasteiger partial charge in [-0.25, -0.2) is 4.99 Å². The Balaban J connectivity index is 2.11. The fraction of sp³-hybridized carbons (Fsp3) is 0.125. The van der Waals surface area contributed by atoms with Gasteiger partial charge in [0.15, 0.2) is 0 Å². The second kappa shape index (κ2) is 5.69. The highest BCUT2D eigenvalue weighted by Gasteiger charge is 2.28. The molecule has 5 nitrogen and oxygen atoms in total. The molecule has 6 heteroatoms. The predicted molar refractivity (Wildman–Crippen MR) is 85.8 cm³/mol. The summed E-state index contributed by atoms with van der Waals surface area (Å²) in [5.41, 5.74) is 2.11. The van der Waals surface area contributed by atoms with Gasteiger partial charge < -0.3 is 14.8 Å². The monoisotopic (exact) mass is 316 g/mol. The second-order valence-electron chi connectivity index (χ2n) is 4.61. The molecule has 1 N–H and O–H groups in total. The van der Waals surface area contributed by atoms with Crippen LogP contribution in [0.5, 0.6) is 11.5 Å². The third kappa shape index (κ3) is 2.40. The first-order valence-electron chi connectivity index (χ1n) is 6.55. The van der Waals surface area contributed by atoms with Crippen LogP contribution in [-0.2, 0) is 4.79 Å². The summed E-state index contributed by atoms with van der Waals surface area (Å²) in [6.07, 6.45) is 0. The van der Waals surface area contributed by atoms with Gasteiger partial charge in [0.2, 0.25) is 0 Å². The van der Waals surface area contributed by atoms with Gasteiger partial charge in [-0.2, -0.15) is 0 Å². The Labute approximate surface area is 132 Å². The van der Waals surface area contributed by atoms with Crippen molar-refractivity contribution in [2.45, 2.75) is 0 Å². The third-order valence-corrected chi connectivity index (χ3v) is 3.66. The lowest BCUT2D eigenvalue weighted by Gasteiger charge is -2.07. The maximum Gasteiger partial charge on any atom is 0.275 e. The first kappa shape index (κ1) is 14.4. The molecule has 0 saturated carbocycles. The average Bonchev–Trinajstić information content (AvgIpc) is 2.85. The number of nitrogens with one attached hydrogen (secondary N) is 1. The lowest BCUT2D eigenvalue weighted by atomic mass is 10.1. The van der Waals surface area contributed by atoms with Gasteiger partial charge in [-0.3, -0.25) is 4.79 Å². The number of methoxy groups -OCH3 is 2. The predicted octanol–water partition coefficient (Wildman–Crippen LogP) is 3.43. The van der Waals surface area contributed by atoms with E-state index in [0.717, 1.165) is 0 Å². The van der Waals surface area contributed by atoms with Gasteiger partial charge >= 0.3 is 0 Å². The molecular weight excluding hydrogens is 304 g/mol. The number of benzene rings is 2. The van der Waals surface area contributed by atoms with Crippen molar-refractivity contribution in [2.75, 3.05) is 19.5 Å². The Bertz CT molecular complexity index is 787. The van der Waals surface area contributed by atoms with E-state index in [0.29, 0.717) is 39.2 Å². The number of nitrogens with zero attached hydrogens (tertiary/aromatic N) is 1. The molecule has 0 spiro atoms. The molecule has 0 bridgehead atoms. The van der Waals surface area contributed by atoms with Crippen LogP contribution in [0.15, 0.2) is 41.4 Å². The Hall–Kier alpha value is -2.53. The van der Waals surface area contributed by atoms with Crippen molar-refractivity contribution in [1.82, 2.24) is 0 Å². The summed E-state index contributed by atoms with van der Waals surface area (Å²) < 4.78 is 10.4. The number of carbonyl (C=O) groups excluding carboxylic acids is 1. The number of hydrogen-bond donors (Lipinski definition) is 1. The van der Waals surface area contributed by atoms with Gasteiger partial charge in [-0.1, -0.05) is 23.7 Å². The Morgan fingerprint density at radius 2 is 1.95 bits per heavy atom. The first-order chi connectivity index (χ1) is 10.6. The zero-order valence-electron chi connectivity index (χ0n) is 12.0. The second-order valence-corrected chi connectivity index (χ2v) is 5.02. The van der Waals surface area contributed by atoms with Crippen molar-refractivity contribution < 1.29 is 14.3 Å². The molecule has 2 aromatic rings. The number of ether oxygens (including phenoxy) is 2. The summed E-state index contributed by atoms with van der Waals surface area (Å²) in [6, 6.07) is 10.5. The number of fused-ring (bicyclic) bond motifs is 1. The molecule has 112 valence electrons. The van der Waals surface area contributed by atoms with Crippen LogP contribution >= 0.6 is 11.6 Å². The molecule has 0 saturated heterocycles. The summed E-state index contributed by atoms with van der Waals surface area (Å²) in [4.78, 5) is 16.6. The van der Waals surface area contributed by atoms with E-state index in [9.17, 15) is 4.79 Å². The first-order valence-corrected chi connectivity index (χ1v) is 6.93. The highest BCUT2D eigenvalue weighted by atomic mass is 35.5. The maximum atomic E-state index is 12.1. The fourth-order valence-corrected chi connectivity index (χ4v) is 2.47. The highest BCUT2D eigenvalue weighted by molar-refractivity contribution is 6.55. The van der Waals surface area contributed by atoms with E-state index in [1.807, 2.05) is 0 Å². The molecule has 0 unspecified atom stereocenters. The van der Waals surface area contributed by atoms with E-state index >= 15 is 0 Å².